The summed E-state index contributed by atoms with van der Waals surface area (Å²) < 4.78 is 0. The number of anilines is 1. The number of carboxylic acid groups (broad SMARTS) is 1. The SMILES string of the molecule is CN(C)c1cc(=O)[nH]c(CC(=O)O)n1. The Labute approximate surface area is 80.2 Å². The number of nitrogens with one attached hydrogen (secondary N) is 1. The van der Waals surface area contributed by atoms with Crippen LogP contribution in [0.4, 0.5) is 5.82 Å². The third kappa shape index (κ3) is 2.58. The second-order valence-electron chi connectivity index (χ2n) is 3.02. The molecule has 0 amide bonds. The van der Waals surface area contributed by atoms with Crippen molar-refractivity contribution in [3.05, 3.63) is 22.2 Å². The van der Waals surface area contributed by atoms with Crippen molar-refractivity contribution in [3.8, 4) is 0 Å². The number of carbonyl (C=O) groups is 1. The van der Waals surface area contributed by atoms with Gasteiger partial charge < -0.3 is 15.0 Å². The highest BCUT2D eigenvalue weighted by Gasteiger charge is 2.06. The quantitative estimate of drug-likeness (QED) is 0.679. The smallest absolute Gasteiger partial charge is 0.311 e. The molecule has 1 heterocycles. The Morgan fingerprint density at radius 2 is 2.29 bits per heavy atom. The van der Waals surface area contributed by atoms with Gasteiger partial charge in [0.2, 0.25) is 0 Å². The number of H-pyrrole nitrogens is 1. The summed E-state index contributed by atoms with van der Waals surface area (Å²) in [5.41, 5.74) is -0.347. The van der Waals surface area contributed by atoms with E-state index in [4.69, 9.17) is 5.11 Å². The Hall–Kier alpha value is -1.85. The van der Waals surface area contributed by atoms with Crippen LogP contribution in [-0.4, -0.2) is 35.1 Å². The van der Waals surface area contributed by atoms with Gasteiger partial charge in [0.15, 0.2) is 0 Å². The van der Waals surface area contributed by atoms with Crippen LogP contribution in [-0.2, 0) is 11.2 Å². The van der Waals surface area contributed by atoms with Crippen LogP contribution in [0.5, 0.6) is 0 Å². The molecule has 0 atom stereocenters. The third-order valence-electron chi connectivity index (χ3n) is 1.55. The molecule has 14 heavy (non-hydrogen) atoms. The number of aromatic amines is 1. The van der Waals surface area contributed by atoms with Gasteiger partial charge in [-0.3, -0.25) is 9.59 Å². The van der Waals surface area contributed by atoms with Crippen LogP contribution in [0, 0.1) is 0 Å². The van der Waals surface area contributed by atoms with Gasteiger partial charge in [0.25, 0.3) is 5.56 Å². The van der Waals surface area contributed by atoms with Crippen molar-refractivity contribution < 1.29 is 9.90 Å². The van der Waals surface area contributed by atoms with Crippen LogP contribution >= 0.6 is 0 Å². The van der Waals surface area contributed by atoms with Crippen molar-refractivity contribution in [3.63, 3.8) is 0 Å². The second-order valence-corrected chi connectivity index (χ2v) is 3.02. The number of aliphatic carboxylic acids is 1. The van der Waals surface area contributed by atoms with E-state index >= 15 is 0 Å². The number of rotatable bonds is 3. The van der Waals surface area contributed by atoms with Gasteiger partial charge in [0.05, 0.1) is 0 Å². The highest BCUT2D eigenvalue weighted by molar-refractivity contribution is 5.69. The minimum absolute atomic E-state index is 0.161. The molecule has 76 valence electrons. The predicted molar refractivity (Wildman–Crippen MR) is 50.5 cm³/mol. The average molecular weight is 197 g/mol. The van der Waals surface area contributed by atoms with Crippen molar-refractivity contribution in [2.75, 3.05) is 19.0 Å². The lowest BCUT2D eigenvalue weighted by atomic mass is 10.4. The van der Waals surface area contributed by atoms with Gasteiger partial charge in [0.1, 0.15) is 18.1 Å². The predicted octanol–water partition coefficient (Wildman–Crippen LogP) is -0.537. The molecule has 0 aliphatic heterocycles. The third-order valence-corrected chi connectivity index (χ3v) is 1.55. The molecule has 0 aliphatic carbocycles. The largest absolute Gasteiger partial charge is 0.481 e. The Morgan fingerprint density at radius 3 is 2.79 bits per heavy atom. The molecular formula is C8H11N3O3. The summed E-state index contributed by atoms with van der Waals surface area (Å²) in [4.78, 5) is 29.4. The highest BCUT2D eigenvalue weighted by atomic mass is 16.4. The van der Waals surface area contributed by atoms with Gasteiger partial charge in [-0.2, -0.15) is 0 Å². The molecule has 0 aliphatic rings. The van der Waals surface area contributed by atoms with E-state index in [0.29, 0.717) is 5.82 Å². The number of carboxylic acids is 1. The Balaban J connectivity index is 3.07. The summed E-state index contributed by atoms with van der Waals surface area (Å²) in [6.45, 7) is 0. The van der Waals surface area contributed by atoms with Crippen molar-refractivity contribution in [2.45, 2.75) is 6.42 Å². The first-order chi connectivity index (χ1) is 6.49. The second kappa shape index (κ2) is 3.91. The van der Waals surface area contributed by atoms with E-state index in [1.807, 2.05) is 0 Å². The lowest BCUT2D eigenvalue weighted by Crippen LogP contribution is -2.19. The van der Waals surface area contributed by atoms with Gasteiger partial charge in [-0.05, 0) is 0 Å². The molecule has 0 bridgehead atoms. The van der Waals surface area contributed by atoms with Crippen LogP contribution < -0.4 is 10.5 Å². The fourth-order valence-corrected chi connectivity index (χ4v) is 0.950. The molecule has 1 rings (SSSR count). The van der Waals surface area contributed by atoms with E-state index in [-0.39, 0.29) is 17.8 Å². The van der Waals surface area contributed by atoms with E-state index in [0.717, 1.165) is 0 Å². The molecule has 0 spiro atoms. The highest BCUT2D eigenvalue weighted by Crippen LogP contribution is 2.02. The monoisotopic (exact) mass is 197 g/mol. The number of hydrogen-bond acceptors (Lipinski definition) is 4. The molecule has 1 aromatic heterocycles. The van der Waals surface area contributed by atoms with Crippen molar-refractivity contribution >= 4 is 11.8 Å². The maximum Gasteiger partial charge on any atom is 0.311 e. The van der Waals surface area contributed by atoms with Crippen LogP contribution in [0.1, 0.15) is 5.82 Å². The zero-order valence-electron chi connectivity index (χ0n) is 7.94. The fraction of sp³-hybridized carbons (Fsp3) is 0.375. The Kier molecular flexibility index (Phi) is 2.85. The van der Waals surface area contributed by atoms with Crippen LogP contribution in [0.2, 0.25) is 0 Å². The lowest BCUT2D eigenvalue weighted by Gasteiger charge is -2.10. The molecule has 1 aromatic rings. The van der Waals surface area contributed by atoms with Crippen LogP contribution in [0.15, 0.2) is 10.9 Å². The molecule has 2 N–H and O–H groups in total. The minimum Gasteiger partial charge on any atom is -0.481 e. The van der Waals surface area contributed by atoms with E-state index in [2.05, 4.69) is 9.97 Å². The van der Waals surface area contributed by atoms with Crippen molar-refractivity contribution in [1.29, 1.82) is 0 Å². The molecule has 0 unspecified atom stereocenters. The molecular weight excluding hydrogens is 186 g/mol. The Bertz CT molecular complexity index is 397. The topological polar surface area (TPSA) is 86.3 Å². The maximum atomic E-state index is 11.1. The molecule has 6 nitrogen and oxygen atoms in total. The van der Waals surface area contributed by atoms with Crippen LogP contribution in [0.3, 0.4) is 0 Å². The van der Waals surface area contributed by atoms with E-state index in [9.17, 15) is 9.59 Å². The molecule has 0 saturated carbocycles. The van der Waals surface area contributed by atoms with Gasteiger partial charge in [0, 0.05) is 20.2 Å². The zero-order chi connectivity index (χ0) is 10.7. The summed E-state index contributed by atoms with van der Waals surface area (Å²) >= 11 is 0. The molecule has 0 fully saturated rings. The summed E-state index contributed by atoms with van der Waals surface area (Å²) in [6, 6.07) is 1.31. The minimum atomic E-state index is -1.02. The summed E-state index contributed by atoms with van der Waals surface area (Å²) in [5.74, 6) is -0.414. The van der Waals surface area contributed by atoms with Gasteiger partial charge in [-0.25, -0.2) is 4.98 Å². The van der Waals surface area contributed by atoms with Crippen LogP contribution in [0.25, 0.3) is 0 Å². The molecule has 0 radical (unpaired) electrons. The van der Waals surface area contributed by atoms with Gasteiger partial charge in [-0.1, -0.05) is 0 Å². The average Bonchev–Trinajstić information content (AvgIpc) is 2.01. The van der Waals surface area contributed by atoms with Crippen molar-refractivity contribution in [2.24, 2.45) is 0 Å². The van der Waals surface area contributed by atoms with Crippen molar-refractivity contribution in [1.82, 2.24) is 9.97 Å². The van der Waals surface area contributed by atoms with E-state index in [1.54, 1.807) is 19.0 Å². The number of aromatic nitrogens is 2. The van der Waals surface area contributed by atoms with Gasteiger partial charge in [-0.15, -0.1) is 0 Å². The lowest BCUT2D eigenvalue weighted by molar-refractivity contribution is -0.136. The Morgan fingerprint density at radius 1 is 1.64 bits per heavy atom. The number of nitrogens with zero attached hydrogens (tertiary/aromatic N) is 2. The fourth-order valence-electron chi connectivity index (χ4n) is 0.950. The standard InChI is InChI=1S/C8H11N3O3/c1-11(2)6-4-7(12)10-5(9-6)3-8(13)14/h4H,3H2,1-2H3,(H,13,14)(H,9,10,12). The maximum absolute atomic E-state index is 11.1. The normalized spacial score (nSPS) is 9.86. The van der Waals surface area contributed by atoms with E-state index in [1.165, 1.54) is 6.07 Å². The summed E-state index contributed by atoms with van der Waals surface area (Å²) in [6.07, 6.45) is -0.281. The first kappa shape index (κ1) is 10.2. The molecule has 6 heteroatoms. The molecule has 0 aromatic carbocycles. The molecule has 0 saturated heterocycles. The summed E-state index contributed by atoms with van der Waals surface area (Å²) in [7, 11) is 3.46. The number of hydrogen-bond donors (Lipinski definition) is 2. The zero-order valence-corrected chi connectivity index (χ0v) is 7.94. The van der Waals surface area contributed by atoms with E-state index < -0.39 is 5.97 Å². The first-order valence-corrected chi connectivity index (χ1v) is 3.98. The van der Waals surface area contributed by atoms with Gasteiger partial charge >= 0.3 is 5.97 Å². The summed E-state index contributed by atoms with van der Waals surface area (Å²) in [5, 5.41) is 8.51. The first-order valence-electron chi connectivity index (χ1n) is 3.98.